The van der Waals surface area contributed by atoms with Crippen LogP contribution in [0.1, 0.15) is 58.2 Å². The molecule has 0 fully saturated rings. The van der Waals surface area contributed by atoms with Crippen LogP contribution >= 0.6 is 0 Å². The lowest BCUT2D eigenvalue weighted by molar-refractivity contribution is 0.590. The van der Waals surface area contributed by atoms with Crippen LogP contribution in [0.5, 0.6) is 0 Å². The molecule has 4 heterocycles. The highest BCUT2D eigenvalue weighted by molar-refractivity contribution is 6.90. The van der Waals surface area contributed by atoms with Crippen LogP contribution in [0.15, 0.2) is 168 Å². The van der Waals surface area contributed by atoms with E-state index in [1.54, 1.807) is 0 Å². The largest absolute Gasteiger partial charge is 0.454 e. The lowest BCUT2D eigenvalue weighted by atomic mass is 9.45. The number of fused-ring (bicyclic) bond motifs is 10. The fraction of sp³-hybridized carbons (Fsp3) is 0.158. The average Bonchev–Trinajstić information content (AvgIpc) is 3.81. The summed E-state index contributed by atoms with van der Waals surface area (Å²) in [6.07, 6.45) is 0. The van der Waals surface area contributed by atoms with E-state index >= 15 is 0 Å². The van der Waals surface area contributed by atoms with E-state index in [2.05, 4.69) is 227 Å². The molecule has 4 nitrogen and oxygen atoms in total. The van der Waals surface area contributed by atoms with Gasteiger partial charge in [0.25, 0.3) is 0 Å². The summed E-state index contributed by atoms with van der Waals surface area (Å²) >= 11 is 0. The molecule has 8 aromatic carbocycles. The van der Waals surface area contributed by atoms with Crippen molar-refractivity contribution in [2.45, 2.75) is 59.3 Å². The number of anilines is 6. The predicted molar refractivity (Wildman–Crippen MR) is 264 cm³/mol. The van der Waals surface area contributed by atoms with Gasteiger partial charge in [-0.1, -0.05) is 126 Å². The Balaban J connectivity index is 1.22. The molecule has 62 heavy (non-hydrogen) atoms. The summed E-state index contributed by atoms with van der Waals surface area (Å²) in [5.74, 6) is 0. The van der Waals surface area contributed by atoms with Crippen molar-refractivity contribution in [3.05, 3.63) is 180 Å². The first-order valence-electron chi connectivity index (χ1n) is 22.0. The maximum Gasteiger partial charge on any atom is 0.333 e. The minimum absolute atomic E-state index is 0.00982. The summed E-state index contributed by atoms with van der Waals surface area (Å²) in [6.45, 7) is 16.2. The third-order valence-corrected chi connectivity index (χ3v) is 13.5. The van der Waals surface area contributed by atoms with Crippen molar-refractivity contribution in [1.82, 2.24) is 4.48 Å². The maximum atomic E-state index is 6.89. The Labute approximate surface area is 363 Å². The average molecular weight is 802 g/mol. The van der Waals surface area contributed by atoms with Crippen LogP contribution in [0.2, 0.25) is 0 Å². The number of para-hydroxylation sites is 4. The molecule has 2 aliphatic heterocycles. The van der Waals surface area contributed by atoms with E-state index < -0.39 is 0 Å². The van der Waals surface area contributed by atoms with Crippen molar-refractivity contribution < 1.29 is 4.42 Å². The molecule has 300 valence electrons. The van der Waals surface area contributed by atoms with Crippen molar-refractivity contribution >= 4 is 95.6 Å². The maximum absolute atomic E-state index is 6.89. The lowest BCUT2D eigenvalue weighted by Gasteiger charge is -2.41. The zero-order valence-electron chi connectivity index (χ0n) is 36.4. The molecule has 0 unspecified atom stereocenters. The first-order chi connectivity index (χ1) is 29.9. The second-order valence-electron chi connectivity index (χ2n) is 19.5. The first kappa shape index (κ1) is 36.8. The van der Waals surface area contributed by atoms with Gasteiger partial charge in [-0.3, -0.25) is 0 Å². The number of rotatable bonds is 4. The molecule has 0 saturated carbocycles. The molecule has 10 aromatic rings. The van der Waals surface area contributed by atoms with Crippen molar-refractivity contribution in [2.75, 3.05) is 9.80 Å². The number of nitrogens with zero attached hydrogens (tertiary/aromatic N) is 3. The summed E-state index contributed by atoms with van der Waals surface area (Å²) in [7, 11) is 0. The van der Waals surface area contributed by atoms with E-state index in [1.165, 1.54) is 66.2 Å². The monoisotopic (exact) mass is 801 g/mol. The number of hydrogen-bond acceptors (Lipinski definition) is 3. The normalized spacial score (nSPS) is 13.3. The molecule has 0 saturated heterocycles. The number of aryl methyl sites for hydroxylation is 1. The predicted octanol–water partition coefficient (Wildman–Crippen LogP) is 14.5. The molecule has 0 atom stereocenters. The molecule has 0 aliphatic carbocycles. The van der Waals surface area contributed by atoms with Gasteiger partial charge in [0, 0.05) is 66.6 Å². The van der Waals surface area contributed by atoms with Gasteiger partial charge in [0.2, 0.25) is 0 Å². The third kappa shape index (κ3) is 5.33. The van der Waals surface area contributed by atoms with Crippen LogP contribution < -0.4 is 20.7 Å². The highest BCUT2D eigenvalue weighted by Crippen LogP contribution is 2.50. The van der Waals surface area contributed by atoms with Crippen molar-refractivity contribution in [3.8, 4) is 11.1 Å². The van der Waals surface area contributed by atoms with Crippen LogP contribution in [0.3, 0.4) is 0 Å². The van der Waals surface area contributed by atoms with Crippen molar-refractivity contribution in [3.63, 3.8) is 0 Å². The van der Waals surface area contributed by atoms with Crippen LogP contribution in [0.4, 0.5) is 34.1 Å². The van der Waals surface area contributed by atoms with E-state index in [0.717, 1.165) is 50.4 Å². The van der Waals surface area contributed by atoms with Crippen molar-refractivity contribution in [2.24, 2.45) is 0 Å². The standard InChI is InChI=1S/C57H48BN3O/c1-35-29-44-46-33-37(57(5,6)7)32-45-43-31-36(56(2,3)4)25-28-48(43)61(54(45)46)58-47-27-26-40(59(38-17-10-8-11-18-38)39-19-12-9-13-20-39)34-50(47)60(51(30-35)53(44)58)49-23-16-22-42-41-21-14-15-24-52(41)62-55(42)49/h8-34H,1-7H3. The van der Waals surface area contributed by atoms with Gasteiger partial charge in [-0.2, -0.15) is 0 Å². The fourth-order valence-electron chi connectivity index (χ4n) is 10.4. The Morgan fingerprint density at radius 3 is 1.90 bits per heavy atom. The van der Waals surface area contributed by atoms with Gasteiger partial charge in [0.1, 0.15) is 5.58 Å². The molecule has 0 N–H and O–H groups in total. The number of aromatic nitrogens is 1. The Morgan fingerprint density at radius 2 is 1.18 bits per heavy atom. The first-order valence-corrected chi connectivity index (χ1v) is 22.0. The van der Waals surface area contributed by atoms with Crippen molar-refractivity contribution in [1.29, 1.82) is 0 Å². The molecular weight excluding hydrogens is 753 g/mol. The zero-order chi connectivity index (χ0) is 42.2. The molecule has 5 heteroatoms. The topological polar surface area (TPSA) is 24.6 Å². The summed E-state index contributed by atoms with van der Waals surface area (Å²) in [5.41, 5.74) is 20.1. The summed E-state index contributed by atoms with van der Waals surface area (Å²) in [6, 6.07) is 60.7. The molecule has 12 rings (SSSR count). The third-order valence-electron chi connectivity index (χ3n) is 13.5. The van der Waals surface area contributed by atoms with Gasteiger partial charge < -0.3 is 18.7 Å². The number of hydrogen-bond donors (Lipinski definition) is 0. The summed E-state index contributed by atoms with van der Waals surface area (Å²) < 4.78 is 9.58. The Kier molecular flexibility index (Phi) is 7.73. The summed E-state index contributed by atoms with van der Waals surface area (Å²) in [5, 5.41) is 4.88. The van der Waals surface area contributed by atoms with Crippen LogP contribution in [0, 0.1) is 6.92 Å². The highest BCUT2D eigenvalue weighted by atomic mass is 16.3. The van der Waals surface area contributed by atoms with Gasteiger partial charge >= 0.3 is 6.85 Å². The number of furan rings is 1. The zero-order valence-corrected chi connectivity index (χ0v) is 36.4. The van der Waals surface area contributed by atoms with Gasteiger partial charge in [0.15, 0.2) is 5.58 Å². The van der Waals surface area contributed by atoms with Crippen LogP contribution in [-0.4, -0.2) is 11.3 Å². The van der Waals surface area contributed by atoms with E-state index in [4.69, 9.17) is 4.42 Å². The molecule has 0 spiro atoms. The van der Waals surface area contributed by atoms with Gasteiger partial charge in [-0.05, 0) is 130 Å². The molecule has 0 amide bonds. The van der Waals surface area contributed by atoms with E-state index in [0.29, 0.717) is 0 Å². The Morgan fingerprint density at radius 1 is 0.500 bits per heavy atom. The highest BCUT2D eigenvalue weighted by Gasteiger charge is 2.44. The van der Waals surface area contributed by atoms with E-state index in [-0.39, 0.29) is 17.7 Å². The SMILES string of the molecule is Cc1cc2c3c(c1)N(c1cccc4c1oc1ccccc14)c1cc(N(c4ccccc4)c4ccccc4)ccc1B3n1c3ccc(C(C)(C)C)cc3c3cc(C(C)(C)C)cc-2c31. The molecule has 2 aliphatic rings. The lowest BCUT2D eigenvalue weighted by Crippen LogP contribution is -2.56. The Bertz CT molecular complexity index is 3420. The molecule has 2 aromatic heterocycles. The molecule has 0 radical (unpaired) electrons. The summed E-state index contributed by atoms with van der Waals surface area (Å²) in [4.78, 5) is 4.89. The minimum Gasteiger partial charge on any atom is -0.454 e. The molecular formula is C57H48BN3O. The minimum atomic E-state index is -0.0776. The van der Waals surface area contributed by atoms with Crippen LogP contribution in [-0.2, 0) is 10.8 Å². The molecule has 0 bridgehead atoms. The van der Waals surface area contributed by atoms with Crippen LogP contribution in [0.25, 0.3) is 54.9 Å². The van der Waals surface area contributed by atoms with Gasteiger partial charge in [-0.15, -0.1) is 0 Å². The van der Waals surface area contributed by atoms with Gasteiger partial charge in [-0.25, -0.2) is 0 Å². The van der Waals surface area contributed by atoms with E-state index in [9.17, 15) is 0 Å². The van der Waals surface area contributed by atoms with Gasteiger partial charge in [0.05, 0.1) is 5.69 Å². The smallest absolute Gasteiger partial charge is 0.333 e. The second kappa shape index (κ2) is 13.0. The number of benzene rings is 8. The Hall–Kier alpha value is -6.98. The van der Waals surface area contributed by atoms with E-state index in [1.807, 2.05) is 0 Å². The second-order valence-corrected chi connectivity index (χ2v) is 19.5. The fourth-order valence-corrected chi connectivity index (χ4v) is 10.4. The quantitative estimate of drug-likeness (QED) is 0.166.